The molecule has 0 aliphatic rings. The molecule has 0 aliphatic heterocycles. The van der Waals surface area contributed by atoms with Crippen LogP contribution in [-0.2, 0) is 6.42 Å². The molecule has 0 fully saturated rings. The van der Waals surface area contributed by atoms with Crippen molar-refractivity contribution in [2.45, 2.75) is 20.3 Å². The molecule has 2 rings (SSSR count). The van der Waals surface area contributed by atoms with E-state index in [2.05, 4.69) is 30.1 Å². The van der Waals surface area contributed by atoms with Gasteiger partial charge in [0.25, 0.3) is 0 Å². The smallest absolute Gasteiger partial charge is 0.0375 e. The number of aromatic nitrogens is 1. The average molecular weight is 212 g/mol. The molecule has 0 unspecified atom stereocenters. The highest BCUT2D eigenvalue weighted by Gasteiger charge is 2.01. The minimum atomic E-state index is 0.811. The first-order chi connectivity index (χ1) is 7.65. The molecule has 0 atom stereocenters. The van der Waals surface area contributed by atoms with E-state index in [0.29, 0.717) is 0 Å². The van der Waals surface area contributed by atoms with Crippen LogP contribution in [-0.4, -0.2) is 4.98 Å². The van der Waals surface area contributed by atoms with Crippen LogP contribution in [0, 0.1) is 13.8 Å². The number of benzene rings is 1. The van der Waals surface area contributed by atoms with Crippen molar-refractivity contribution < 1.29 is 0 Å². The van der Waals surface area contributed by atoms with Gasteiger partial charge in [0.05, 0.1) is 0 Å². The van der Waals surface area contributed by atoms with E-state index in [1.165, 1.54) is 16.7 Å². The number of hydrogen-bond donors (Lipinski definition) is 1. The summed E-state index contributed by atoms with van der Waals surface area (Å²) in [5.41, 5.74) is 11.4. The maximum Gasteiger partial charge on any atom is 0.0375 e. The van der Waals surface area contributed by atoms with Gasteiger partial charge in [-0.2, -0.15) is 0 Å². The lowest BCUT2D eigenvalue weighted by atomic mass is 10.0. The molecule has 1 aromatic heterocycles. The van der Waals surface area contributed by atoms with Crippen molar-refractivity contribution in [2.24, 2.45) is 0 Å². The summed E-state index contributed by atoms with van der Waals surface area (Å²) in [7, 11) is 0. The van der Waals surface area contributed by atoms with Gasteiger partial charge in [0.2, 0.25) is 0 Å². The zero-order chi connectivity index (χ0) is 11.5. The summed E-state index contributed by atoms with van der Waals surface area (Å²) in [5, 5.41) is 0. The Morgan fingerprint density at radius 1 is 1.12 bits per heavy atom. The van der Waals surface area contributed by atoms with Gasteiger partial charge in [0.15, 0.2) is 0 Å². The third kappa shape index (κ3) is 2.40. The summed E-state index contributed by atoms with van der Waals surface area (Å²) in [6.45, 7) is 4.12. The van der Waals surface area contributed by atoms with Crippen molar-refractivity contribution in [3.63, 3.8) is 0 Å². The first kappa shape index (κ1) is 10.7. The molecule has 0 spiro atoms. The molecule has 2 nitrogen and oxygen atoms in total. The molecule has 2 aromatic rings. The Hall–Kier alpha value is -1.83. The lowest BCUT2D eigenvalue weighted by molar-refractivity contribution is 1.08. The van der Waals surface area contributed by atoms with Gasteiger partial charge in [-0.25, -0.2) is 0 Å². The second-order valence-corrected chi connectivity index (χ2v) is 4.17. The van der Waals surface area contributed by atoms with Crippen molar-refractivity contribution >= 4 is 5.69 Å². The molecule has 0 aliphatic carbocycles. The van der Waals surface area contributed by atoms with Crippen molar-refractivity contribution in [1.82, 2.24) is 4.98 Å². The summed E-state index contributed by atoms with van der Waals surface area (Å²) in [5.74, 6) is 0. The van der Waals surface area contributed by atoms with Gasteiger partial charge in [-0.1, -0.05) is 12.1 Å². The number of nitrogen functional groups attached to an aromatic ring is 1. The minimum absolute atomic E-state index is 0.811. The number of hydrogen-bond acceptors (Lipinski definition) is 2. The highest BCUT2D eigenvalue weighted by Crippen LogP contribution is 2.15. The van der Waals surface area contributed by atoms with E-state index in [4.69, 9.17) is 5.73 Å². The monoisotopic (exact) mass is 212 g/mol. The molecule has 0 bridgehead atoms. The molecule has 0 saturated carbocycles. The summed E-state index contributed by atoms with van der Waals surface area (Å²) in [4.78, 5) is 4.28. The fourth-order valence-corrected chi connectivity index (χ4v) is 1.73. The fourth-order valence-electron chi connectivity index (χ4n) is 1.73. The van der Waals surface area contributed by atoms with Crippen LogP contribution in [0.2, 0.25) is 0 Å². The second-order valence-electron chi connectivity index (χ2n) is 4.17. The van der Waals surface area contributed by atoms with Crippen molar-refractivity contribution in [3.8, 4) is 0 Å². The standard InChI is InChI=1S/C14H16N2/c1-10-9-16-11(2)7-13(10)8-12-3-5-14(15)6-4-12/h3-7,9H,8,15H2,1-2H3. The van der Waals surface area contributed by atoms with Crippen LogP contribution in [0.4, 0.5) is 5.69 Å². The summed E-state index contributed by atoms with van der Waals surface area (Å²) < 4.78 is 0. The van der Waals surface area contributed by atoms with Gasteiger partial charge >= 0.3 is 0 Å². The van der Waals surface area contributed by atoms with Gasteiger partial charge in [0, 0.05) is 17.6 Å². The van der Waals surface area contributed by atoms with E-state index in [-0.39, 0.29) is 0 Å². The van der Waals surface area contributed by atoms with E-state index in [0.717, 1.165) is 17.8 Å². The zero-order valence-electron chi connectivity index (χ0n) is 9.70. The van der Waals surface area contributed by atoms with E-state index in [1.54, 1.807) is 0 Å². The summed E-state index contributed by atoms with van der Waals surface area (Å²) in [6.07, 6.45) is 2.87. The topological polar surface area (TPSA) is 38.9 Å². The van der Waals surface area contributed by atoms with Gasteiger partial charge in [-0.15, -0.1) is 0 Å². The fraction of sp³-hybridized carbons (Fsp3) is 0.214. The Morgan fingerprint density at radius 3 is 2.50 bits per heavy atom. The predicted molar refractivity (Wildman–Crippen MR) is 67.4 cm³/mol. The Labute approximate surface area is 96.1 Å². The molecule has 2 N–H and O–H groups in total. The number of nitrogens with two attached hydrogens (primary N) is 1. The van der Waals surface area contributed by atoms with Gasteiger partial charge in [-0.05, 0) is 55.2 Å². The van der Waals surface area contributed by atoms with Crippen LogP contribution >= 0.6 is 0 Å². The first-order valence-electron chi connectivity index (χ1n) is 5.41. The van der Waals surface area contributed by atoms with Crippen LogP contribution < -0.4 is 5.73 Å². The number of rotatable bonds is 2. The summed E-state index contributed by atoms with van der Waals surface area (Å²) >= 11 is 0. The molecule has 82 valence electrons. The maximum absolute atomic E-state index is 5.66. The van der Waals surface area contributed by atoms with E-state index >= 15 is 0 Å². The second kappa shape index (κ2) is 4.35. The number of anilines is 1. The highest BCUT2D eigenvalue weighted by molar-refractivity contribution is 5.41. The van der Waals surface area contributed by atoms with E-state index < -0.39 is 0 Å². The molecule has 1 heterocycles. The van der Waals surface area contributed by atoms with Gasteiger partial charge < -0.3 is 5.73 Å². The Kier molecular flexibility index (Phi) is 2.91. The molecular weight excluding hydrogens is 196 g/mol. The van der Waals surface area contributed by atoms with Gasteiger partial charge in [0.1, 0.15) is 0 Å². The number of nitrogens with zero attached hydrogens (tertiary/aromatic N) is 1. The number of pyridine rings is 1. The molecular formula is C14H16N2. The number of aryl methyl sites for hydroxylation is 2. The van der Waals surface area contributed by atoms with Gasteiger partial charge in [-0.3, -0.25) is 4.98 Å². The minimum Gasteiger partial charge on any atom is -0.399 e. The molecule has 0 saturated heterocycles. The third-order valence-electron chi connectivity index (χ3n) is 2.73. The Morgan fingerprint density at radius 2 is 1.81 bits per heavy atom. The molecule has 2 heteroatoms. The lowest BCUT2D eigenvalue weighted by Gasteiger charge is -2.07. The van der Waals surface area contributed by atoms with Crippen LogP contribution in [0.25, 0.3) is 0 Å². The quantitative estimate of drug-likeness (QED) is 0.777. The Bertz CT molecular complexity index is 487. The van der Waals surface area contributed by atoms with Crippen LogP contribution in [0.3, 0.4) is 0 Å². The molecule has 0 amide bonds. The summed E-state index contributed by atoms with van der Waals surface area (Å²) in [6, 6.07) is 10.2. The van der Waals surface area contributed by atoms with Crippen LogP contribution in [0.1, 0.15) is 22.4 Å². The Balaban J connectivity index is 2.26. The van der Waals surface area contributed by atoms with E-state index in [9.17, 15) is 0 Å². The molecule has 1 aromatic carbocycles. The third-order valence-corrected chi connectivity index (χ3v) is 2.73. The molecule has 0 radical (unpaired) electrons. The van der Waals surface area contributed by atoms with E-state index in [1.807, 2.05) is 25.3 Å². The van der Waals surface area contributed by atoms with Crippen LogP contribution in [0.15, 0.2) is 36.5 Å². The normalized spacial score (nSPS) is 10.4. The predicted octanol–water partition coefficient (Wildman–Crippen LogP) is 2.87. The zero-order valence-corrected chi connectivity index (χ0v) is 9.70. The average Bonchev–Trinajstić information content (AvgIpc) is 2.27. The van der Waals surface area contributed by atoms with Crippen molar-refractivity contribution in [3.05, 3.63) is 58.9 Å². The maximum atomic E-state index is 5.66. The highest BCUT2D eigenvalue weighted by atomic mass is 14.7. The largest absolute Gasteiger partial charge is 0.399 e. The van der Waals surface area contributed by atoms with Crippen molar-refractivity contribution in [1.29, 1.82) is 0 Å². The van der Waals surface area contributed by atoms with Crippen molar-refractivity contribution in [2.75, 3.05) is 5.73 Å². The first-order valence-corrected chi connectivity index (χ1v) is 5.41. The SMILES string of the molecule is Cc1cc(Cc2ccc(N)cc2)c(C)cn1. The van der Waals surface area contributed by atoms with Crippen LogP contribution in [0.5, 0.6) is 0 Å². The lowest BCUT2D eigenvalue weighted by Crippen LogP contribution is -1.95. The molecule has 16 heavy (non-hydrogen) atoms.